The fourth-order valence-corrected chi connectivity index (χ4v) is 2.93. The molecule has 3 N–H and O–H groups in total. The van der Waals surface area contributed by atoms with E-state index in [0.29, 0.717) is 5.92 Å². The zero-order chi connectivity index (χ0) is 15.1. The van der Waals surface area contributed by atoms with Crippen molar-refractivity contribution in [3.8, 4) is 5.75 Å². The van der Waals surface area contributed by atoms with Crippen LogP contribution >= 0.6 is 11.6 Å². The molecule has 0 amide bonds. The summed E-state index contributed by atoms with van der Waals surface area (Å²) in [5.74, 6) is 5.75. The molecule has 6 heteroatoms. The first kappa shape index (κ1) is 16.1. The van der Waals surface area contributed by atoms with Crippen molar-refractivity contribution in [1.82, 2.24) is 5.59 Å². The Labute approximate surface area is 129 Å². The quantitative estimate of drug-likeness (QED) is 0.624. The summed E-state index contributed by atoms with van der Waals surface area (Å²) >= 11 is 6.11. The molecule has 1 aromatic carbocycles. The van der Waals surface area contributed by atoms with Gasteiger partial charge in [0.1, 0.15) is 5.75 Å². The molecule has 0 heterocycles. The average molecular weight is 313 g/mol. The molecule has 1 aromatic rings. The van der Waals surface area contributed by atoms with Gasteiger partial charge in [-0.3, -0.25) is 4.79 Å². The molecule has 0 aliphatic heterocycles. The summed E-state index contributed by atoms with van der Waals surface area (Å²) in [6, 6.07) is 5.66. The predicted octanol–water partition coefficient (Wildman–Crippen LogP) is 3.08. The van der Waals surface area contributed by atoms with Crippen molar-refractivity contribution >= 4 is 17.6 Å². The van der Waals surface area contributed by atoms with E-state index in [2.05, 4.69) is 4.84 Å². The van der Waals surface area contributed by atoms with Gasteiger partial charge in [-0.05, 0) is 42.5 Å². The zero-order valence-electron chi connectivity index (χ0n) is 11.9. The number of hydrazine groups is 1. The highest BCUT2D eigenvalue weighted by Crippen LogP contribution is 2.38. The Morgan fingerprint density at radius 1 is 1.33 bits per heavy atom. The lowest BCUT2D eigenvalue weighted by atomic mass is 9.84. The van der Waals surface area contributed by atoms with Gasteiger partial charge in [0, 0.05) is 5.02 Å². The van der Waals surface area contributed by atoms with Gasteiger partial charge >= 0.3 is 5.97 Å². The van der Waals surface area contributed by atoms with Crippen molar-refractivity contribution in [2.45, 2.75) is 44.4 Å². The van der Waals surface area contributed by atoms with Crippen LogP contribution in [0.5, 0.6) is 5.75 Å². The van der Waals surface area contributed by atoms with Crippen molar-refractivity contribution in [3.63, 3.8) is 0 Å². The van der Waals surface area contributed by atoms with Crippen molar-refractivity contribution in [3.05, 3.63) is 28.8 Å². The van der Waals surface area contributed by atoms with E-state index >= 15 is 0 Å². The minimum atomic E-state index is -0.453. The van der Waals surface area contributed by atoms with Crippen LogP contribution in [0.25, 0.3) is 0 Å². The van der Waals surface area contributed by atoms with Gasteiger partial charge in [0.25, 0.3) is 0 Å². The molecule has 0 radical (unpaired) electrons. The zero-order valence-corrected chi connectivity index (χ0v) is 12.7. The molecule has 0 saturated heterocycles. The summed E-state index contributed by atoms with van der Waals surface area (Å²) in [5, 5.41) is 0.717. The number of carbonyl (C=O) groups excluding carboxylic acids is 1. The van der Waals surface area contributed by atoms with Crippen LogP contribution in [0.2, 0.25) is 5.02 Å². The predicted molar refractivity (Wildman–Crippen MR) is 80.8 cm³/mol. The molecule has 0 aromatic heterocycles. The SMILES string of the molecule is NNOC(=O)CCOc1ccc(Cl)cc1C1CCCCC1. The van der Waals surface area contributed by atoms with E-state index in [1.807, 2.05) is 23.8 Å². The summed E-state index contributed by atoms with van der Waals surface area (Å²) in [7, 11) is 0. The Morgan fingerprint density at radius 2 is 2.10 bits per heavy atom. The van der Waals surface area contributed by atoms with Crippen LogP contribution in [0.1, 0.15) is 50.0 Å². The van der Waals surface area contributed by atoms with Crippen LogP contribution in [0.4, 0.5) is 0 Å². The summed E-state index contributed by atoms with van der Waals surface area (Å²) in [5.41, 5.74) is 3.01. The molecular weight excluding hydrogens is 292 g/mol. The molecule has 0 unspecified atom stereocenters. The van der Waals surface area contributed by atoms with Gasteiger partial charge in [0.2, 0.25) is 0 Å². The molecule has 21 heavy (non-hydrogen) atoms. The molecule has 0 spiro atoms. The van der Waals surface area contributed by atoms with E-state index in [1.54, 1.807) is 0 Å². The average Bonchev–Trinajstić information content (AvgIpc) is 2.50. The van der Waals surface area contributed by atoms with Gasteiger partial charge < -0.3 is 9.57 Å². The van der Waals surface area contributed by atoms with Gasteiger partial charge in [-0.25, -0.2) is 5.84 Å². The number of nitrogens with two attached hydrogens (primary N) is 1. The minimum absolute atomic E-state index is 0.136. The number of ether oxygens (including phenoxy) is 1. The minimum Gasteiger partial charge on any atom is -0.493 e. The van der Waals surface area contributed by atoms with E-state index < -0.39 is 5.97 Å². The molecule has 1 fully saturated rings. The number of rotatable bonds is 6. The monoisotopic (exact) mass is 312 g/mol. The maximum atomic E-state index is 11.2. The molecule has 1 saturated carbocycles. The number of hydrogen-bond acceptors (Lipinski definition) is 5. The Morgan fingerprint density at radius 3 is 2.81 bits per heavy atom. The number of nitrogens with one attached hydrogen (secondary N) is 1. The van der Waals surface area contributed by atoms with Crippen LogP contribution in [0, 0.1) is 0 Å². The number of carbonyl (C=O) groups is 1. The van der Waals surface area contributed by atoms with Gasteiger partial charge in [0.05, 0.1) is 13.0 Å². The Hall–Kier alpha value is -1.30. The molecular formula is C15H21ClN2O3. The third-order valence-corrected chi connectivity index (χ3v) is 3.99. The van der Waals surface area contributed by atoms with E-state index in [4.69, 9.17) is 22.2 Å². The van der Waals surface area contributed by atoms with Crippen LogP contribution < -0.4 is 16.2 Å². The summed E-state index contributed by atoms with van der Waals surface area (Å²) in [6.45, 7) is 0.252. The number of hydrogen-bond donors (Lipinski definition) is 2. The summed E-state index contributed by atoms with van der Waals surface area (Å²) in [4.78, 5) is 15.6. The number of benzene rings is 1. The molecule has 0 atom stereocenters. The van der Waals surface area contributed by atoms with Crippen molar-refractivity contribution in [2.75, 3.05) is 6.61 Å². The van der Waals surface area contributed by atoms with Gasteiger partial charge in [-0.2, -0.15) is 0 Å². The summed E-state index contributed by atoms with van der Waals surface area (Å²) in [6.07, 6.45) is 6.24. The normalized spacial score (nSPS) is 15.7. The van der Waals surface area contributed by atoms with Gasteiger partial charge in [0.15, 0.2) is 0 Å². The molecule has 1 aliphatic rings. The Bertz CT molecular complexity index is 476. The Balaban J connectivity index is 1.99. The van der Waals surface area contributed by atoms with Crippen molar-refractivity contribution < 1.29 is 14.4 Å². The molecule has 2 rings (SSSR count). The molecule has 5 nitrogen and oxygen atoms in total. The lowest BCUT2D eigenvalue weighted by molar-refractivity contribution is -0.151. The topological polar surface area (TPSA) is 73.6 Å². The summed E-state index contributed by atoms with van der Waals surface area (Å²) < 4.78 is 5.73. The van der Waals surface area contributed by atoms with Gasteiger partial charge in [-0.15, -0.1) is 0 Å². The highest BCUT2D eigenvalue weighted by molar-refractivity contribution is 6.30. The first-order valence-electron chi connectivity index (χ1n) is 7.28. The second kappa shape index (κ2) is 8.22. The molecule has 116 valence electrons. The number of halogens is 1. The first-order chi connectivity index (χ1) is 10.2. The first-order valence-corrected chi connectivity index (χ1v) is 7.66. The van der Waals surface area contributed by atoms with Crippen LogP contribution in [0.15, 0.2) is 18.2 Å². The third kappa shape index (κ3) is 4.88. The van der Waals surface area contributed by atoms with Crippen molar-refractivity contribution in [2.24, 2.45) is 5.84 Å². The van der Waals surface area contributed by atoms with E-state index in [1.165, 1.54) is 19.3 Å². The smallest absolute Gasteiger partial charge is 0.329 e. The standard InChI is InChI=1S/C15H21ClN2O3/c16-12-6-7-14(20-9-8-15(19)21-18-17)13(10-12)11-4-2-1-3-5-11/h6-7,10-11,18H,1-5,8-9,17H2. The Kier molecular flexibility index (Phi) is 6.29. The maximum Gasteiger partial charge on any atom is 0.329 e. The van der Waals surface area contributed by atoms with Crippen LogP contribution in [-0.2, 0) is 9.63 Å². The van der Waals surface area contributed by atoms with Gasteiger partial charge in [-0.1, -0.05) is 36.5 Å². The fraction of sp³-hybridized carbons (Fsp3) is 0.533. The third-order valence-electron chi connectivity index (χ3n) is 3.75. The molecule has 0 bridgehead atoms. The highest BCUT2D eigenvalue weighted by Gasteiger charge is 2.20. The van der Waals surface area contributed by atoms with E-state index in [0.717, 1.165) is 29.2 Å². The fourth-order valence-electron chi connectivity index (χ4n) is 2.74. The van der Waals surface area contributed by atoms with E-state index in [9.17, 15) is 4.79 Å². The maximum absolute atomic E-state index is 11.2. The largest absolute Gasteiger partial charge is 0.493 e. The lowest BCUT2D eigenvalue weighted by Crippen LogP contribution is -2.27. The van der Waals surface area contributed by atoms with Crippen LogP contribution in [-0.4, -0.2) is 12.6 Å². The molecule has 1 aliphatic carbocycles. The lowest BCUT2D eigenvalue weighted by Gasteiger charge is -2.24. The highest BCUT2D eigenvalue weighted by atomic mass is 35.5. The second-order valence-electron chi connectivity index (χ2n) is 5.21. The second-order valence-corrected chi connectivity index (χ2v) is 5.64. The van der Waals surface area contributed by atoms with Crippen molar-refractivity contribution in [1.29, 1.82) is 0 Å². The van der Waals surface area contributed by atoms with E-state index in [-0.39, 0.29) is 13.0 Å². The van der Waals surface area contributed by atoms with Crippen LogP contribution in [0.3, 0.4) is 0 Å².